The van der Waals surface area contributed by atoms with Crippen molar-refractivity contribution in [1.29, 1.82) is 0 Å². The van der Waals surface area contributed by atoms with Crippen LogP contribution in [0, 0.1) is 11.3 Å². The summed E-state index contributed by atoms with van der Waals surface area (Å²) in [6.07, 6.45) is -1.03. The smallest absolute Gasteiger partial charge is 0.377 e. The van der Waals surface area contributed by atoms with E-state index in [1.165, 1.54) is 0 Å². The van der Waals surface area contributed by atoms with Gasteiger partial charge in [0, 0.05) is 18.8 Å². The molecule has 4 fully saturated rings. The molecular formula is C16H18F6O4. The quantitative estimate of drug-likeness (QED) is 0.539. The lowest BCUT2D eigenvalue weighted by Crippen LogP contribution is -2.58. The molecule has 0 radical (unpaired) electrons. The van der Waals surface area contributed by atoms with Gasteiger partial charge in [-0.1, -0.05) is 0 Å². The van der Waals surface area contributed by atoms with E-state index in [1.807, 2.05) is 0 Å². The Hall–Kier alpha value is -1.03. The topological polar surface area (TPSA) is 44.8 Å². The SMILES string of the molecule is CC(F)(F)C(=O)OC12CC3CC4OCC(F)(F)C(F)(F)COC(C1)C34C2. The number of rotatable bonds is 2. The van der Waals surface area contributed by atoms with Crippen molar-refractivity contribution in [2.24, 2.45) is 11.3 Å². The van der Waals surface area contributed by atoms with E-state index >= 15 is 0 Å². The van der Waals surface area contributed by atoms with Crippen LogP contribution in [-0.2, 0) is 19.0 Å². The van der Waals surface area contributed by atoms with E-state index in [-0.39, 0.29) is 25.2 Å². The number of fused-ring (bicyclic) bond motifs is 1. The van der Waals surface area contributed by atoms with Gasteiger partial charge in [0.2, 0.25) is 0 Å². The average molecular weight is 388 g/mol. The highest BCUT2D eigenvalue weighted by molar-refractivity contribution is 5.77. The molecule has 5 atom stereocenters. The molecule has 0 aromatic rings. The van der Waals surface area contributed by atoms with Crippen molar-refractivity contribution >= 4 is 5.97 Å². The molecule has 0 aromatic heterocycles. The van der Waals surface area contributed by atoms with Crippen LogP contribution in [0.15, 0.2) is 0 Å². The monoisotopic (exact) mass is 388 g/mol. The predicted molar refractivity (Wildman–Crippen MR) is 73.2 cm³/mol. The molecule has 1 saturated heterocycles. The van der Waals surface area contributed by atoms with Gasteiger partial charge in [-0.3, -0.25) is 0 Å². The van der Waals surface area contributed by atoms with Gasteiger partial charge >= 0.3 is 23.7 Å². The van der Waals surface area contributed by atoms with Gasteiger partial charge in [0.25, 0.3) is 0 Å². The van der Waals surface area contributed by atoms with Crippen LogP contribution in [-0.4, -0.2) is 54.8 Å². The van der Waals surface area contributed by atoms with Crippen LogP contribution in [0.2, 0.25) is 0 Å². The van der Waals surface area contributed by atoms with Crippen LogP contribution in [0.3, 0.4) is 0 Å². The zero-order valence-corrected chi connectivity index (χ0v) is 13.9. The lowest BCUT2D eigenvalue weighted by atomic mass is 9.56. The first kappa shape index (κ1) is 18.3. The molecule has 0 amide bonds. The largest absolute Gasteiger partial charge is 0.455 e. The van der Waals surface area contributed by atoms with Gasteiger partial charge in [-0.2, -0.15) is 26.3 Å². The predicted octanol–water partition coefficient (Wildman–Crippen LogP) is 3.18. The molecule has 0 N–H and O–H groups in total. The van der Waals surface area contributed by atoms with Gasteiger partial charge < -0.3 is 14.2 Å². The first-order chi connectivity index (χ1) is 11.8. The fraction of sp³-hybridized carbons (Fsp3) is 0.938. The highest BCUT2D eigenvalue weighted by Crippen LogP contribution is 2.72. The second kappa shape index (κ2) is 5.06. The highest BCUT2D eigenvalue weighted by atomic mass is 19.3. The number of alkyl halides is 6. The summed E-state index contributed by atoms with van der Waals surface area (Å²) in [7, 11) is 0. The molecule has 2 bridgehead atoms. The maximum atomic E-state index is 13.8. The lowest BCUT2D eigenvalue weighted by Gasteiger charge is -2.55. The highest BCUT2D eigenvalue weighted by Gasteiger charge is 2.76. The molecule has 1 spiro atoms. The molecule has 148 valence electrons. The van der Waals surface area contributed by atoms with Crippen molar-refractivity contribution in [1.82, 2.24) is 0 Å². The number of ether oxygens (including phenoxy) is 3. The van der Waals surface area contributed by atoms with Crippen molar-refractivity contribution in [2.45, 2.75) is 68.2 Å². The second-order valence-electron chi connectivity index (χ2n) is 8.10. The molecule has 5 unspecified atom stereocenters. The van der Waals surface area contributed by atoms with Gasteiger partial charge in [-0.15, -0.1) is 0 Å². The minimum Gasteiger partial charge on any atom is -0.455 e. The number of hydrogen-bond acceptors (Lipinski definition) is 4. The van der Waals surface area contributed by atoms with Gasteiger partial charge in [0.1, 0.15) is 18.8 Å². The summed E-state index contributed by atoms with van der Waals surface area (Å²) in [5.41, 5.74) is -2.10. The van der Waals surface area contributed by atoms with E-state index < -0.39 is 60.2 Å². The number of carbonyl (C=O) groups excluding carboxylic acids is 1. The van der Waals surface area contributed by atoms with E-state index in [2.05, 4.69) is 0 Å². The summed E-state index contributed by atoms with van der Waals surface area (Å²) < 4.78 is 96.7. The van der Waals surface area contributed by atoms with Crippen molar-refractivity contribution < 1.29 is 45.3 Å². The zero-order valence-electron chi connectivity index (χ0n) is 13.9. The normalized spacial score (nSPS) is 45.7. The third-order valence-corrected chi connectivity index (χ3v) is 6.40. The fourth-order valence-electron chi connectivity index (χ4n) is 5.14. The van der Waals surface area contributed by atoms with Gasteiger partial charge in [-0.25, -0.2) is 4.79 Å². The summed E-state index contributed by atoms with van der Waals surface area (Å²) in [4.78, 5) is 11.6. The number of esters is 1. The van der Waals surface area contributed by atoms with Crippen molar-refractivity contribution in [3.8, 4) is 0 Å². The van der Waals surface area contributed by atoms with Gasteiger partial charge in [0.05, 0.1) is 12.2 Å². The van der Waals surface area contributed by atoms with Gasteiger partial charge in [-0.05, 0) is 25.2 Å². The Morgan fingerprint density at radius 3 is 2.19 bits per heavy atom. The molecular weight excluding hydrogens is 370 g/mol. The summed E-state index contributed by atoms with van der Waals surface area (Å²) in [6.45, 7) is -2.51. The van der Waals surface area contributed by atoms with E-state index in [1.54, 1.807) is 0 Å². The zero-order chi connectivity index (χ0) is 19.2. The molecule has 4 nitrogen and oxygen atoms in total. The van der Waals surface area contributed by atoms with Crippen LogP contribution in [0.1, 0.15) is 32.6 Å². The van der Waals surface area contributed by atoms with Crippen LogP contribution >= 0.6 is 0 Å². The summed E-state index contributed by atoms with van der Waals surface area (Å²) in [5, 5.41) is 0. The summed E-state index contributed by atoms with van der Waals surface area (Å²) in [5.74, 6) is -14.3. The average Bonchev–Trinajstić information content (AvgIpc) is 2.94. The summed E-state index contributed by atoms with van der Waals surface area (Å²) >= 11 is 0. The van der Waals surface area contributed by atoms with Gasteiger partial charge in [0.15, 0.2) is 0 Å². The Balaban J connectivity index is 1.60. The molecule has 1 heterocycles. The molecule has 26 heavy (non-hydrogen) atoms. The Bertz CT molecular complexity index is 635. The Labute approximate surface area is 145 Å². The standard InChI is InChI=1S/C16H18F6O4/c1-12(17,18)11(23)26-13-3-8-2-9-14(8,5-13)10(4-13)25-7-16(21,22)15(19,20)6-24-9/h8-10H,2-7H2,1H3. The van der Waals surface area contributed by atoms with E-state index in [9.17, 15) is 31.1 Å². The Kier molecular flexibility index (Phi) is 3.57. The molecule has 3 aliphatic carbocycles. The van der Waals surface area contributed by atoms with Crippen LogP contribution in [0.4, 0.5) is 26.3 Å². The number of carbonyl (C=O) groups is 1. The first-order valence-electron chi connectivity index (χ1n) is 8.42. The van der Waals surface area contributed by atoms with Crippen molar-refractivity contribution in [3.05, 3.63) is 0 Å². The molecule has 0 aromatic carbocycles. The van der Waals surface area contributed by atoms with Crippen LogP contribution in [0.5, 0.6) is 0 Å². The maximum absolute atomic E-state index is 13.8. The number of halogens is 6. The molecule has 1 aliphatic heterocycles. The summed E-state index contributed by atoms with van der Waals surface area (Å²) in [6, 6.07) is 0. The number of hydrogen-bond donors (Lipinski definition) is 0. The van der Waals surface area contributed by atoms with E-state index in [0.717, 1.165) is 0 Å². The third-order valence-electron chi connectivity index (χ3n) is 6.40. The van der Waals surface area contributed by atoms with E-state index in [0.29, 0.717) is 13.3 Å². The molecule has 3 saturated carbocycles. The lowest BCUT2D eigenvalue weighted by molar-refractivity contribution is -0.253. The maximum Gasteiger partial charge on any atom is 0.377 e. The second-order valence-corrected chi connectivity index (χ2v) is 8.10. The first-order valence-corrected chi connectivity index (χ1v) is 8.42. The van der Waals surface area contributed by atoms with Crippen LogP contribution in [0.25, 0.3) is 0 Å². The Morgan fingerprint density at radius 1 is 1.04 bits per heavy atom. The van der Waals surface area contributed by atoms with E-state index in [4.69, 9.17) is 14.2 Å². The fourth-order valence-corrected chi connectivity index (χ4v) is 5.14. The molecule has 4 rings (SSSR count). The minimum absolute atomic E-state index is 0.0766. The van der Waals surface area contributed by atoms with Crippen molar-refractivity contribution in [2.75, 3.05) is 13.2 Å². The minimum atomic E-state index is -4.41. The van der Waals surface area contributed by atoms with Crippen LogP contribution < -0.4 is 0 Å². The molecule has 10 heteroatoms. The molecule has 4 aliphatic rings. The third kappa shape index (κ3) is 2.33. The Morgan fingerprint density at radius 2 is 1.62 bits per heavy atom. The van der Waals surface area contributed by atoms with Crippen molar-refractivity contribution in [3.63, 3.8) is 0 Å².